The lowest BCUT2D eigenvalue weighted by Gasteiger charge is -2.07. The Labute approximate surface area is 207 Å². The first-order chi connectivity index (χ1) is 16.1. The molecule has 1 heterocycles. The Morgan fingerprint density at radius 2 is 1.67 bits per heavy atom. The topological polar surface area (TPSA) is 52.3 Å². The zero-order valence-corrected chi connectivity index (χ0v) is 21.0. The zero-order chi connectivity index (χ0) is 23.0. The predicted octanol–water partition coefficient (Wildman–Crippen LogP) is 6.92. The molecule has 168 valence electrons. The van der Waals surface area contributed by atoms with E-state index >= 15 is 0 Å². The van der Waals surface area contributed by atoms with Crippen molar-refractivity contribution in [3.63, 3.8) is 0 Å². The van der Waals surface area contributed by atoms with Crippen molar-refractivity contribution in [1.29, 1.82) is 0 Å². The molecular formula is C26H25BrN4OS. The van der Waals surface area contributed by atoms with Crippen LogP contribution in [0.1, 0.15) is 42.3 Å². The van der Waals surface area contributed by atoms with Crippen molar-refractivity contribution in [2.24, 2.45) is 5.10 Å². The van der Waals surface area contributed by atoms with Crippen LogP contribution >= 0.6 is 27.7 Å². The molecule has 0 fully saturated rings. The second-order valence-electron chi connectivity index (χ2n) is 7.81. The second-order valence-corrected chi connectivity index (χ2v) is 9.67. The zero-order valence-electron chi connectivity index (χ0n) is 18.6. The van der Waals surface area contributed by atoms with Gasteiger partial charge >= 0.3 is 0 Å². The quantitative estimate of drug-likeness (QED) is 0.177. The largest absolute Gasteiger partial charge is 0.489 e. The van der Waals surface area contributed by atoms with Crippen LogP contribution in [0, 0.1) is 0 Å². The maximum atomic E-state index is 5.87. The molecule has 1 aromatic heterocycles. The van der Waals surface area contributed by atoms with Gasteiger partial charge in [-0.1, -0.05) is 84.0 Å². The van der Waals surface area contributed by atoms with E-state index in [4.69, 9.17) is 9.84 Å². The maximum Gasteiger partial charge on any atom is 0.212 e. The monoisotopic (exact) mass is 520 g/mol. The van der Waals surface area contributed by atoms with E-state index in [0.29, 0.717) is 6.61 Å². The predicted molar refractivity (Wildman–Crippen MR) is 138 cm³/mol. The number of thioether (sulfide) groups is 1. The van der Waals surface area contributed by atoms with Crippen molar-refractivity contribution in [2.75, 3.05) is 0 Å². The van der Waals surface area contributed by atoms with E-state index in [2.05, 4.69) is 64.2 Å². The van der Waals surface area contributed by atoms with Crippen LogP contribution in [0.3, 0.4) is 0 Å². The average molecular weight is 521 g/mol. The lowest BCUT2D eigenvalue weighted by molar-refractivity contribution is 0.306. The number of benzene rings is 3. The molecule has 0 atom stereocenters. The third-order valence-corrected chi connectivity index (χ3v) is 6.40. The number of halogens is 1. The molecule has 0 bridgehead atoms. The molecule has 4 rings (SSSR count). The minimum Gasteiger partial charge on any atom is -0.489 e. The summed E-state index contributed by atoms with van der Waals surface area (Å²) in [6.45, 7) is 4.74. The van der Waals surface area contributed by atoms with Crippen LogP contribution in [0.15, 0.2) is 93.6 Å². The first-order valence-electron chi connectivity index (χ1n) is 10.7. The van der Waals surface area contributed by atoms with E-state index in [9.17, 15) is 0 Å². The average Bonchev–Trinajstić information content (AvgIpc) is 3.25. The van der Waals surface area contributed by atoms with Gasteiger partial charge in [-0.25, -0.2) is 0 Å². The summed E-state index contributed by atoms with van der Waals surface area (Å²) in [5.74, 6) is 2.68. The van der Waals surface area contributed by atoms with Gasteiger partial charge in [-0.05, 0) is 53.1 Å². The van der Waals surface area contributed by atoms with Crippen molar-refractivity contribution in [3.8, 4) is 5.75 Å². The van der Waals surface area contributed by atoms with Gasteiger partial charge in [0.1, 0.15) is 12.4 Å². The maximum absolute atomic E-state index is 5.87. The summed E-state index contributed by atoms with van der Waals surface area (Å²) < 4.78 is 8.79. The van der Waals surface area contributed by atoms with E-state index in [0.717, 1.165) is 38.1 Å². The lowest BCUT2D eigenvalue weighted by Crippen LogP contribution is -2.02. The van der Waals surface area contributed by atoms with E-state index in [-0.39, 0.29) is 5.92 Å². The number of aromatic nitrogens is 3. The molecular weight excluding hydrogens is 496 g/mol. The van der Waals surface area contributed by atoms with Crippen LogP contribution < -0.4 is 4.74 Å². The highest BCUT2D eigenvalue weighted by Crippen LogP contribution is 2.25. The number of hydrogen-bond donors (Lipinski definition) is 0. The molecule has 0 aliphatic rings. The molecule has 0 radical (unpaired) electrons. The van der Waals surface area contributed by atoms with Crippen molar-refractivity contribution in [1.82, 2.24) is 14.9 Å². The fourth-order valence-corrected chi connectivity index (χ4v) is 4.19. The molecule has 0 amide bonds. The summed E-state index contributed by atoms with van der Waals surface area (Å²) >= 11 is 5.11. The Kier molecular flexibility index (Phi) is 7.96. The van der Waals surface area contributed by atoms with Crippen molar-refractivity contribution < 1.29 is 4.74 Å². The molecule has 5 nitrogen and oxygen atoms in total. The Balaban J connectivity index is 1.43. The first-order valence-corrected chi connectivity index (χ1v) is 12.5. The van der Waals surface area contributed by atoms with Crippen molar-refractivity contribution in [2.45, 2.75) is 37.3 Å². The minimum atomic E-state index is 0.213. The van der Waals surface area contributed by atoms with Gasteiger partial charge in [-0.3, -0.25) is 0 Å². The van der Waals surface area contributed by atoms with E-state index in [1.165, 1.54) is 5.56 Å². The smallest absolute Gasteiger partial charge is 0.212 e. The van der Waals surface area contributed by atoms with Gasteiger partial charge < -0.3 is 4.74 Å². The second kappa shape index (κ2) is 11.3. The molecule has 0 saturated carbocycles. The van der Waals surface area contributed by atoms with E-state index < -0.39 is 0 Å². The van der Waals surface area contributed by atoms with Crippen molar-refractivity contribution >= 4 is 33.9 Å². The van der Waals surface area contributed by atoms with Gasteiger partial charge in [0.15, 0.2) is 5.82 Å². The minimum absolute atomic E-state index is 0.213. The highest BCUT2D eigenvalue weighted by atomic mass is 79.9. The molecule has 0 N–H and O–H groups in total. The molecule has 4 aromatic rings. The van der Waals surface area contributed by atoms with Gasteiger partial charge in [-0.2, -0.15) is 9.78 Å². The van der Waals surface area contributed by atoms with Gasteiger partial charge in [0, 0.05) is 16.1 Å². The Hall–Kier alpha value is -2.90. The van der Waals surface area contributed by atoms with Gasteiger partial charge in [0.2, 0.25) is 5.16 Å². The lowest BCUT2D eigenvalue weighted by atomic mass is 10.2. The first kappa shape index (κ1) is 23.3. The van der Waals surface area contributed by atoms with E-state index in [1.54, 1.807) is 11.8 Å². The molecule has 0 aliphatic heterocycles. The summed E-state index contributed by atoms with van der Waals surface area (Å²) in [5.41, 5.74) is 3.35. The Morgan fingerprint density at radius 1 is 0.939 bits per heavy atom. The third kappa shape index (κ3) is 6.55. The van der Waals surface area contributed by atoms with Gasteiger partial charge in [0.25, 0.3) is 0 Å². The van der Waals surface area contributed by atoms with Crippen LogP contribution in [-0.2, 0) is 12.4 Å². The van der Waals surface area contributed by atoms with Gasteiger partial charge in [0.05, 0.1) is 6.21 Å². The van der Waals surface area contributed by atoms with Crippen LogP contribution in [0.4, 0.5) is 0 Å². The summed E-state index contributed by atoms with van der Waals surface area (Å²) in [6.07, 6.45) is 1.83. The number of rotatable bonds is 9. The Bertz CT molecular complexity index is 1190. The fourth-order valence-electron chi connectivity index (χ4n) is 3.08. The Morgan fingerprint density at radius 3 is 2.36 bits per heavy atom. The number of ether oxygens (including phenoxy) is 1. The standard InChI is InChI=1S/C26H25BrN4OS/c1-19(2)25-29-30-26(33-18-22-8-12-23(27)13-9-22)31(25)28-16-20-10-14-24(15-11-20)32-17-21-6-4-3-5-7-21/h3-16,19H,17-18H2,1-2H3/b28-16+. The molecule has 0 aliphatic carbocycles. The van der Waals surface area contributed by atoms with Crippen molar-refractivity contribution in [3.05, 3.63) is 106 Å². The SMILES string of the molecule is CC(C)c1nnc(SCc2ccc(Br)cc2)n1/N=C/c1ccc(OCc2ccccc2)cc1. The van der Waals surface area contributed by atoms with E-state index in [1.807, 2.05) is 65.5 Å². The fraction of sp³-hybridized carbons (Fsp3) is 0.192. The van der Waals surface area contributed by atoms with Crippen LogP contribution in [-0.4, -0.2) is 21.1 Å². The summed E-state index contributed by atoms with van der Waals surface area (Å²) in [7, 11) is 0. The molecule has 0 saturated heterocycles. The van der Waals surface area contributed by atoms with Crippen LogP contribution in [0.2, 0.25) is 0 Å². The number of hydrogen-bond acceptors (Lipinski definition) is 5. The van der Waals surface area contributed by atoms with Crippen LogP contribution in [0.5, 0.6) is 5.75 Å². The van der Waals surface area contributed by atoms with Gasteiger partial charge in [-0.15, -0.1) is 10.2 Å². The summed E-state index contributed by atoms with van der Waals surface area (Å²) in [6, 6.07) is 26.4. The highest BCUT2D eigenvalue weighted by molar-refractivity contribution is 9.10. The molecule has 7 heteroatoms. The molecule has 0 spiro atoms. The molecule has 33 heavy (non-hydrogen) atoms. The highest BCUT2D eigenvalue weighted by Gasteiger charge is 2.15. The number of nitrogens with zero attached hydrogens (tertiary/aromatic N) is 4. The summed E-state index contributed by atoms with van der Waals surface area (Å²) in [5, 5.41) is 14.2. The molecule has 3 aromatic carbocycles. The third-order valence-electron chi connectivity index (χ3n) is 4.88. The van der Waals surface area contributed by atoms with Crippen LogP contribution in [0.25, 0.3) is 0 Å². The summed E-state index contributed by atoms with van der Waals surface area (Å²) in [4.78, 5) is 0. The molecule has 0 unspecified atom stereocenters. The normalized spacial score (nSPS) is 11.4.